The van der Waals surface area contributed by atoms with Gasteiger partial charge in [0.25, 0.3) is 0 Å². The first-order valence-corrected chi connectivity index (χ1v) is 4.90. The van der Waals surface area contributed by atoms with Gasteiger partial charge in [0, 0.05) is 10.6 Å². The highest BCUT2D eigenvalue weighted by atomic mass is 16.5. The van der Waals surface area contributed by atoms with E-state index in [4.69, 9.17) is 5.53 Å². The van der Waals surface area contributed by atoms with Crippen molar-refractivity contribution < 1.29 is 14.6 Å². The number of rotatable bonds is 4. The van der Waals surface area contributed by atoms with Gasteiger partial charge in [-0.05, 0) is 24.1 Å². The molecule has 0 radical (unpaired) electrons. The van der Waals surface area contributed by atoms with Crippen molar-refractivity contribution in [1.82, 2.24) is 0 Å². The highest BCUT2D eigenvalue weighted by molar-refractivity contribution is 5.90. The van der Waals surface area contributed by atoms with Crippen molar-refractivity contribution in [3.8, 4) is 0 Å². The fraction of sp³-hybridized carbons (Fsp3) is 0.182. The smallest absolute Gasteiger partial charge is 0.373 e. The van der Waals surface area contributed by atoms with Crippen molar-refractivity contribution in [1.29, 1.82) is 0 Å². The maximum atomic E-state index is 11.1. The molecule has 1 N–H and O–H groups in total. The first-order chi connectivity index (χ1) is 8.17. The van der Waals surface area contributed by atoms with Crippen molar-refractivity contribution in [3.05, 3.63) is 46.0 Å². The molecule has 0 unspecified atom stereocenters. The SMILES string of the molecule is CCOC(=O)/C(O)=C/c1ccc(N=[N+]=[N-])cc1. The van der Waals surface area contributed by atoms with Crippen LogP contribution in [-0.4, -0.2) is 17.7 Å². The van der Waals surface area contributed by atoms with Gasteiger partial charge >= 0.3 is 5.97 Å². The van der Waals surface area contributed by atoms with Crippen molar-refractivity contribution in [3.63, 3.8) is 0 Å². The second-order valence-electron chi connectivity index (χ2n) is 3.03. The third-order valence-electron chi connectivity index (χ3n) is 1.84. The van der Waals surface area contributed by atoms with E-state index in [1.54, 1.807) is 31.2 Å². The van der Waals surface area contributed by atoms with Crippen LogP contribution in [0.3, 0.4) is 0 Å². The van der Waals surface area contributed by atoms with Crippen LogP contribution in [0.2, 0.25) is 0 Å². The largest absolute Gasteiger partial charge is 0.502 e. The number of ether oxygens (including phenoxy) is 1. The van der Waals surface area contributed by atoms with Crippen LogP contribution in [0.5, 0.6) is 0 Å². The van der Waals surface area contributed by atoms with E-state index in [1.165, 1.54) is 6.08 Å². The van der Waals surface area contributed by atoms with Gasteiger partial charge in [0.05, 0.1) is 6.61 Å². The Hall–Kier alpha value is -2.46. The van der Waals surface area contributed by atoms with Gasteiger partial charge < -0.3 is 9.84 Å². The molecule has 0 aliphatic carbocycles. The minimum Gasteiger partial charge on any atom is -0.502 e. The van der Waals surface area contributed by atoms with Crippen molar-refractivity contribution in [2.45, 2.75) is 6.92 Å². The van der Waals surface area contributed by atoms with E-state index in [0.29, 0.717) is 11.3 Å². The first-order valence-electron chi connectivity index (χ1n) is 4.90. The van der Waals surface area contributed by atoms with Gasteiger partial charge in [-0.1, -0.05) is 29.4 Å². The number of aliphatic hydroxyl groups is 1. The van der Waals surface area contributed by atoms with Gasteiger partial charge in [-0.25, -0.2) is 4.79 Å². The molecule has 1 rings (SSSR count). The number of hydrogen-bond acceptors (Lipinski definition) is 4. The molecule has 0 fully saturated rings. The second-order valence-corrected chi connectivity index (χ2v) is 3.03. The second kappa shape index (κ2) is 6.19. The molecule has 6 heteroatoms. The van der Waals surface area contributed by atoms with E-state index in [1.807, 2.05) is 0 Å². The average Bonchev–Trinajstić information content (AvgIpc) is 2.32. The summed E-state index contributed by atoms with van der Waals surface area (Å²) in [6.45, 7) is 1.85. The summed E-state index contributed by atoms with van der Waals surface area (Å²) < 4.78 is 4.61. The van der Waals surface area contributed by atoms with E-state index in [2.05, 4.69) is 14.8 Å². The average molecular weight is 233 g/mol. The molecule has 6 nitrogen and oxygen atoms in total. The third kappa shape index (κ3) is 3.89. The fourth-order valence-electron chi connectivity index (χ4n) is 1.11. The Bertz CT molecular complexity index is 473. The van der Waals surface area contributed by atoms with E-state index < -0.39 is 11.7 Å². The van der Waals surface area contributed by atoms with Crippen LogP contribution in [-0.2, 0) is 9.53 Å². The molecule has 0 atom stereocenters. The summed E-state index contributed by atoms with van der Waals surface area (Å²) in [5.74, 6) is -1.24. The van der Waals surface area contributed by atoms with Gasteiger partial charge in [-0.3, -0.25) is 0 Å². The van der Waals surface area contributed by atoms with E-state index in [9.17, 15) is 9.90 Å². The Morgan fingerprint density at radius 2 is 2.18 bits per heavy atom. The van der Waals surface area contributed by atoms with Crippen LogP contribution < -0.4 is 0 Å². The lowest BCUT2D eigenvalue weighted by molar-refractivity contribution is -0.141. The van der Waals surface area contributed by atoms with E-state index in [-0.39, 0.29) is 6.61 Å². The molecule has 88 valence electrons. The molecule has 0 aliphatic rings. The zero-order valence-electron chi connectivity index (χ0n) is 9.20. The molecule has 0 heterocycles. The van der Waals surface area contributed by atoms with Crippen LogP contribution in [0.4, 0.5) is 5.69 Å². The zero-order chi connectivity index (χ0) is 12.7. The summed E-state index contributed by atoms with van der Waals surface area (Å²) in [5.41, 5.74) is 9.27. The summed E-state index contributed by atoms with van der Waals surface area (Å²) in [6.07, 6.45) is 1.28. The Morgan fingerprint density at radius 3 is 2.71 bits per heavy atom. The molecule has 0 spiro atoms. The molecule has 1 aromatic rings. The Kier molecular flexibility index (Phi) is 4.59. The van der Waals surface area contributed by atoms with Gasteiger partial charge in [0.1, 0.15) is 0 Å². The normalized spacial score (nSPS) is 10.5. The summed E-state index contributed by atoms with van der Waals surface area (Å²) in [5, 5.41) is 12.8. The summed E-state index contributed by atoms with van der Waals surface area (Å²) >= 11 is 0. The molecule has 0 saturated heterocycles. The Morgan fingerprint density at radius 1 is 1.53 bits per heavy atom. The fourth-order valence-corrected chi connectivity index (χ4v) is 1.11. The minimum absolute atomic E-state index is 0.201. The standard InChI is InChI=1S/C11H11N3O3/c1-2-17-11(16)10(15)7-8-3-5-9(6-4-8)13-14-12/h3-7,15H,2H2,1H3/b10-7-. The number of aliphatic hydroxyl groups excluding tert-OH is 1. The number of benzene rings is 1. The highest BCUT2D eigenvalue weighted by Gasteiger charge is 2.07. The Labute approximate surface area is 97.8 Å². The van der Waals surface area contributed by atoms with Gasteiger partial charge in [0.2, 0.25) is 5.76 Å². The number of hydrogen-bond donors (Lipinski definition) is 1. The third-order valence-corrected chi connectivity index (χ3v) is 1.84. The van der Waals surface area contributed by atoms with Crippen molar-refractivity contribution >= 4 is 17.7 Å². The lowest BCUT2D eigenvalue weighted by atomic mass is 10.2. The molecule has 17 heavy (non-hydrogen) atoms. The van der Waals surface area contributed by atoms with Gasteiger partial charge in [0.15, 0.2) is 0 Å². The molecule has 0 bridgehead atoms. The number of carbonyl (C=O) groups is 1. The van der Waals surface area contributed by atoms with Crippen LogP contribution in [0.1, 0.15) is 12.5 Å². The van der Waals surface area contributed by atoms with Crippen LogP contribution >= 0.6 is 0 Å². The van der Waals surface area contributed by atoms with E-state index in [0.717, 1.165) is 0 Å². The molecule has 0 aliphatic heterocycles. The van der Waals surface area contributed by atoms with Crippen molar-refractivity contribution in [2.75, 3.05) is 6.61 Å². The number of esters is 1. The lowest BCUT2D eigenvalue weighted by Gasteiger charge is -2.00. The summed E-state index contributed by atoms with van der Waals surface area (Å²) in [4.78, 5) is 13.7. The molecular formula is C11H11N3O3. The predicted octanol–water partition coefficient (Wildman–Crippen LogP) is 3.09. The quantitative estimate of drug-likeness (QED) is 0.216. The highest BCUT2D eigenvalue weighted by Crippen LogP contribution is 2.15. The van der Waals surface area contributed by atoms with Crippen LogP contribution in [0.25, 0.3) is 16.5 Å². The van der Waals surface area contributed by atoms with Gasteiger partial charge in [-0.15, -0.1) is 0 Å². The van der Waals surface area contributed by atoms with Crippen LogP contribution in [0.15, 0.2) is 35.1 Å². The number of azide groups is 1. The topological polar surface area (TPSA) is 95.3 Å². The predicted molar refractivity (Wildman–Crippen MR) is 62.5 cm³/mol. The maximum absolute atomic E-state index is 11.1. The van der Waals surface area contributed by atoms with Gasteiger partial charge in [-0.2, -0.15) is 0 Å². The zero-order valence-corrected chi connectivity index (χ0v) is 9.20. The first kappa shape index (κ1) is 12.6. The van der Waals surface area contributed by atoms with Crippen molar-refractivity contribution in [2.24, 2.45) is 5.11 Å². The molecule has 0 aromatic heterocycles. The molecule has 0 amide bonds. The molecule has 1 aromatic carbocycles. The lowest BCUT2D eigenvalue weighted by Crippen LogP contribution is -2.06. The molecular weight excluding hydrogens is 222 g/mol. The monoisotopic (exact) mass is 233 g/mol. The molecule has 0 saturated carbocycles. The number of carbonyl (C=O) groups excluding carboxylic acids is 1. The minimum atomic E-state index is -0.772. The summed E-state index contributed by atoms with van der Waals surface area (Å²) in [7, 11) is 0. The van der Waals surface area contributed by atoms with Crippen LogP contribution in [0, 0.1) is 0 Å². The summed E-state index contributed by atoms with van der Waals surface area (Å²) in [6, 6.07) is 6.37. The number of nitrogens with zero attached hydrogens (tertiary/aromatic N) is 3. The Balaban J connectivity index is 2.83. The van der Waals surface area contributed by atoms with E-state index >= 15 is 0 Å². The maximum Gasteiger partial charge on any atom is 0.373 e.